The first-order chi connectivity index (χ1) is 10.1. The maximum absolute atomic E-state index is 12.4. The third-order valence-electron chi connectivity index (χ3n) is 3.62. The van der Waals surface area contributed by atoms with Crippen LogP contribution in [0.3, 0.4) is 0 Å². The normalized spacial score (nSPS) is 16.5. The largest absolute Gasteiger partial charge is 0.341 e. The summed E-state index contributed by atoms with van der Waals surface area (Å²) in [4.78, 5) is 25.3. The molecule has 0 aliphatic carbocycles. The molecule has 0 unspecified atom stereocenters. The second-order valence-corrected chi connectivity index (χ2v) is 5.26. The van der Waals surface area contributed by atoms with Crippen LogP contribution in [-0.2, 0) is 16.0 Å². The van der Waals surface area contributed by atoms with Crippen molar-refractivity contribution < 1.29 is 9.59 Å². The van der Waals surface area contributed by atoms with E-state index in [0.29, 0.717) is 0 Å². The Balaban J connectivity index is 2.37. The average molecular weight is 284 g/mol. The van der Waals surface area contributed by atoms with Gasteiger partial charge in [0.15, 0.2) is 0 Å². The van der Waals surface area contributed by atoms with Crippen LogP contribution in [0.2, 0.25) is 0 Å². The van der Waals surface area contributed by atoms with E-state index in [9.17, 15) is 9.59 Å². The topological polar surface area (TPSA) is 49.4 Å². The van der Waals surface area contributed by atoms with Crippen LogP contribution in [0, 0.1) is 12.3 Å². The molecule has 1 aliphatic heterocycles. The van der Waals surface area contributed by atoms with Crippen molar-refractivity contribution in [2.75, 3.05) is 11.4 Å². The third kappa shape index (κ3) is 3.08. The van der Waals surface area contributed by atoms with E-state index in [0.717, 1.165) is 30.5 Å². The minimum Gasteiger partial charge on any atom is -0.341 e. The third-order valence-corrected chi connectivity index (χ3v) is 3.62. The number of carbonyl (C=O) groups excluding carboxylic acids is 2. The number of nitrogens with one attached hydrogen (secondary N) is 1. The number of benzene rings is 1. The second kappa shape index (κ2) is 6.45. The summed E-state index contributed by atoms with van der Waals surface area (Å²) < 4.78 is 0. The lowest BCUT2D eigenvalue weighted by molar-refractivity contribution is -0.126. The molecule has 1 aromatic rings. The van der Waals surface area contributed by atoms with Gasteiger partial charge in [0, 0.05) is 12.5 Å². The van der Waals surface area contributed by atoms with Crippen molar-refractivity contribution in [1.29, 1.82) is 0 Å². The number of aryl methyl sites for hydroxylation is 1. The highest BCUT2D eigenvalue weighted by atomic mass is 16.2. The van der Waals surface area contributed by atoms with Gasteiger partial charge in [0.2, 0.25) is 5.91 Å². The van der Waals surface area contributed by atoms with Crippen LogP contribution in [0.1, 0.15) is 43.9 Å². The summed E-state index contributed by atoms with van der Waals surface area (Å²) in [6.45, 7) is 3.78. The molecule has 2 amide bonds. The summed E-state index contributed by atoms with van der Waals surface area (Å²) in [6, 6.07) is 5.35. The quantitative estimate of drug-likeness (QED) is 0.843. The van der Waals surface area contributed by atoms with Crippen LogP contribution in [-0.4, -0.2) is 18.4 Å². The summed E-state index contributed by atoms with van der Waals surface area (Å²) in [5, 5.41) is 2.72. The summed E-state index contributed by atoms with van der Waals surface area (Å²) in [6.07, 6.45) is 8.53. The molecule has 1 heterocycles. The van der Waals surface area contributed by atoms with Crippen molar-refractivity contribution >= 4 is 17.5 Å². The predicted molar refractivity (Wildman–Crippen MR) is 82.8 cm³/mol. The van der Waals surface area contributed by atoms with Crippen LogP contribution in [0.4, 0.5) is 5.69 Å². The number of amides is 2. The van der Waals surface area contributed by atoms with E-state index in [4.69, 9.17) is 6.42 Å². The predicted octanol–water partition coefficient (Wildman–Crippen LogP) is 2.19. The Morgan fingerprint density at radius 3 is 2.86 bits per heavy atom. The Morgan fingerprint density at radius 2 is 2.24 bits per heavy atom. The summed E-state index contributed by atoms with van der Waals surface area (Å²) in [5.74, 6) is 2.11. The number of hydrogen-bond donors (Lipinski definition) is 1. The smallest absolute Gasteiger partial charge is 0.255 e. The van der Waals surface area contributed by atoms with Crippen molar-refractivity contribution in [2.45, 2.75) is 39.2 Å². The zero-order valence-corrected chi connectivity index (χ0v) is 12.5. The van der Waals surface area contributed by atoms with Gasteiger partial charge in [-0.1, -0.05) is 31.4 Å². The number of terminal acetylenes is 1. The highest BCUT2D eigenvalue weighted by molar-refractivity contribution is 6.06. The van der Waals surface area contributed by atoms with E-state index in [1.165, 1.54) is 12.5 Å². The van der Waals surface area contributed by atoms with Gasteiger partial charge in [-0.15, -0.1) is 6.42 Å². The van der Waals surface area contributed by atoms with Crippen LogP contribution < -0.4 is 10.2 Å². The lowest BCUT2D eigenvalue weighted by Gasteiger charge is -2.14. The molecule has 0 radical (unpaired) electrons. The standard InChI is InChI=1S/C17H20N2O2/c1-4-6-7-13-8-9-15-14(11-13)16(18-12(3)20)17(21)19(15)10-5-2/h2,8-9,11,16H,4,6-7,10H2,1,3H3,(H,18,20)/t16-/m0/s1. The highest BCUT2D eigenvalue weighted by Crippen LogP contribution is 2.36. The molecule has 1 aliphatic rings. The van der Waals surface area contributed by atoms with Gasteiger partial charge in [-0.2, -0.15) is 0 Å². The van der Waals surface area contributed by atoms with Gasteiger partial charge in [-0.3, -0.25) is 14.5 Å². The molecular formula is C17H20N2O2. The van der Waals surface area contributed by atoms with E-state index in [1.54, 1.807) is 4.90 Å². The molecule has 1 N–H and O–H groups in total. The zero-order chi connectivity index (χ0) is 15.4. The minimum atomic E-state index is -0.618. The van der Waals surface area contributed by atoms with Crippen molar-refractivity contribution in [1.82, 2.24) is 5.32 Å². The summed E-state index contributed by atoms with van der Waals surface area (Å²) >= 11 is 0. The molecule has 0 fully saturated rings. The van der Waals surface area contributed by atoms with Crippen LogP contribution in [0.5, 0.6) is 0 Å². The number of unbranched alkanes of at least 4 members (excludes halogenated alkanes) is 1. The monoisotopic (exact) mass is 284 g/mol. The molecular weight excluding hydrogens is 264 g/mol. The first-order valence-corrected chi connectivity index (χ1v) is 7.23. The van der Waals surface area contributed by atoms with Crippen molar-refractivity contribution in [3.63, 3.8) is 0 Å². The Hall–Kier alpha value is -2.28. The maximum Gasteiger partial charge on any atom is 0.255 e. The molecule has 4 heteroatoms. The first kappa shape index (κ1) is 15.1. The number of carbonyl (C=O) groups is 2. The van der Waals surface area contributed by atoms with Gasteiger partial charge in [0.05, 0.1) is 12.2 Å². The van der Waals surface area contributed by atoms with E-state index in [1.807, 2.05) is 18.2 Å². The molecule has 110 valence electrons. The molecule has 1 atom stereocenters. The average Bonchev–Trinajstić information content (AvgIpc) is 2.70. The molecule has 0 aromatic heterocycles. The Bertz CT molecular complexity index is 601. The fraction of sp³-hybridized carbons (Fsp3) is 0.412. The lowest BCUT2D eigenvalue weighted by atomic mass is 10.0. The van der Waals surface area contributed by atoms with Crippen LogP contribution in [0.25, 0.3) is 0 Å². The number of anilines is 1. The fourth-order valence-electron chi connectivity index (χ4n) is 2.62. The number of fused-ring (bicyclic) bond motifs is 1. The van der Waals surface area contributed by atoms with Gasteiger partial charge in [0.1, 0.15) is 6.04 Å². The fourth-order valence-corrected chi connectivity index (χ4v) is 2.62. The molecule has 21 heavy (non-hydrogen) atoms. The molecule has 0 saturated carbocycles. The van der Waals surface area contributed by atoms with E-state index in [2.05, 4.69) is 18.2 Å². The van der Waals surface area contributed by atoms with Crippen LogP contribution in [0.15, 0.2) is 18.2 Å². The molecule has 4 nitrogen and oxygen atoms in total. The van der Waals surface area contributed by atoms with E-state index < -0.39 is 6.04 Å². The zero-order valence-electron chi connectivity index (χ0n) is 12.5. The molecule has 0 saturated heterocycles. The molecule has 0 bridgehead atoms. The molecule has 2 rings (SSSR count). The number of nitrogens with zero attached hydrogens (tertiary/aromatic N) is 1. The van der Waals surface area contributed by atoms with Crippen LogP contribution >= 0.6 is 0 Å². The Morgan fingerprint density at radius 1 is 1.48 bits per heavy atom. The van der Waals surface area contributed by atoms with Crippen molar-refractivity contribution in [2.24, 2.45) is 0 Å². The van der Waals surface area contributed by atoms with Gasteiger partial charge < -0.3 is 5.32 Å². The van der Waals surface area contributed by atoms with Crippen molar-refractivity contribution in [3.05, 3.63) is 29.3 Å². The van der Waals surface area contributed by atoms with E-state index in [-0.39, 0.29) is 18.4 Å². The molecule has 0 spiro atoms. The minimum absolute atomic E-state index is 0.161. The highest BCUT2D eigenvalue weighted by Gasteiger charge is 2.37. The lowest BCUT2D eigenvalue weighted by Crippen LogP contribution is -2.36. The Kier molecular flexibility index (Phi) is 4.64. The van der Waals surface area contributed by atoms with E-state index >= 15 is 0 Å². The van der Waals surface area contributed by atoms with Crippen molar-refractivity contribution in [3.8, 4) is 12.3 Å². The molecule has 1 aromatic carbocycles. The summed E-state index contributed by atoms with van der Waals surface area (Å²) in [5.41, 5.74) is 2.83. The number of hydrogen-bond acceptors (Lipinski definition) is 2. The SMILES string of the molecule is C#CCN1C(=O)[C@@H](NC(C)=O)c2cc(CCCC)ccc21. The van der Waals surface area contributed by atoms with Gasteiger partial charge in [-0.25, -0.2) is 0 Å². The number of rotatable bonds is 5. The second-order valence-electron chi connectivity index (χ2n) is 5.26. The van der Waals surface area contributed by atoms with Gasteiger partial charge in [-0.05, 0) is 24.5 Å². The maximum atomic E-state index is 12.4. The summed E-state index contributed by atoms with van der Waals surface area (Å²) in [7, 11) is 0. The first-order valence-electron chi connectivity index (χ1n) is 7.23. The Labute approximate surface area is 125 Å². The van der Waals surface area contributed by atoms with Gasteiger partial charge >= 0.3 is 0 Å². The van der Waals surface area contributed by atoms with Gasteiger partial charge in [0.25, 0.3) is 5.91 Å².